The van der Waals surface area contributed by atoms with Gasteiger partial charge in [-0.25, -0.2) is 4.79 Å². The normalized spacial score (nSPS) is 29.4. The van der Waals surface area contributed by atoms with Crippen LogP contribution in [0.5, 0.6) is 0 Å². The van der Waals surface area contributed by atoms with Crippen LogP contribution in [0.25, 0.3) is 0 Å². The summed E-state index contributed by atoms with van der Waals surface area (Å²) in [5.41, 5.74) is 0.824. The zero-order chi connectivity index (χ0) is 14.3. The van der Waals surface area contributed by atoms with E-state index in [0.29, 0.717) is 22.7 Å². The fourth-order valence-corrected chi connectivity index (χ4v) is 4.38. The van der Waals surface area contributed by atoms with E-state index in [-0.39, 0.29) is 5.56 Å². The van der Waals surface area contributed by atoms with Crippen LogP contribution in [0.15, 0.2) is 18.2 Å². The fraction of sp³-hybridized carbons (Fsp3) is 0.562. The molecular formula is C16H20ClNO2. The van der Waals surface area contributed by atoms with Gasteiger partial charge >= 0.3 is 5.97 Å². The predicted octanol–water partition coefficient (Wildman–Crippen LogP) is 4.27. The lowest BCUT2D eigenvalue weighted by Crippen LogP contribution is -2.30. The molecule has 2 saturated carbocycles. The summed E-state index contributed by atoms with van der Waals surface area (Å²) in [6, 6.07) is 5.52. The molecule has 2 N–H and O–H groups in total. The van der Waals surface area contributed by atoms with Crippen LogP contribution in [0.4, 0.5) is 5.69 Å². The van der Waals surface area contributed by atoms with E-state index in [9.17, 15) is 9.90 Å². The zero-order valence-electron chi connectivity index (χ0n) is 11.6. The minimum atomic E-state index is -0.974. The summed E-state index contributed by atoms with van der Waals surface area (Å²) in [6.07, 6.45) is 5.36. The Hall–Kier alpha value is -1.22. The molecule has 0 aliphatic heterocycles. The van der Waals surface area contributed by atoms with E-state index in [2.05, 4.69) is 12.2 Å². The van der Waals surface area contributed by atoms with Gasteiger partial charge in [0.1, 0.15) is 5.56 Å². The van der Waals surface area contributed by atoms with Gasteiger partial charge in [0.2, 0.25) is 0 Å². The van der Waals surface area contributed by atoms with Gasteiger partial charge < -0.3 is 10.4 Å². The van der Waals surface area contributed by atoms with Crippen LogP contribution in [0.3, 0.4) is 0 Å². The molecule has 2 aliphatic carbocycles. The maximum absolute atomic E-state index is 11.3. The molecule has 1 aromatic rings. The highest BCUT2D eigenvalue weighted by Gasteiger charge is 2.41. The Morgan fingerprint density at radius 2 is 2.20 bits per heavy atom. The number of hydrogen-bond acceptors (Lipinski definition) is 2. The fourth-order valence-electron chi connectivity index (χ4n) is 4.12. The van der Waals surface area contributed by atoms with E-state index in [1.165, 1.54) is 25.7 Å². The van der Waals surface area contributed by atoms with Crippen molar-refractivity contribution in [3.05, 3.63) is 28.8 Å². The third kappa shape index (κ3) is 2.39. The average molecular weight is 294 g/mol. The van der Waals surface area contributed by atoms with Gasteiger partial charge in [-0.1, -0.05) is 24.1 Å². The molecule has 0 heterocycles. The number of hydrogen-bond donors (Lipinski definition) is 2. The SMILES string of the molecule is CC(Nc1cccc(Cl)c1C(=O)O)C1CC2CCC1C2. The molecule has 108 valence electrons. The minimum absolute atomic E-state index is 0.184. The summed E-state index contributed by atoms with van der Waals surface area (Å²) in [6.45, 7) is 2.16. The summed E-state index contributed by atoms with van der Waals surface area (Å²) in [5, 5.41) is 13.0. The maximum Gasteiger partial charge on any atom is 0.339 e. The van der Waals surface area contributed by atoms with E-state index in [1.54, 1.807) is 18.2 Å². The van der Waals surface area contributed by atoms with E-state index in [4.69, 9.17) is 11.6 Å². The molecule has 4 atom stereocenters. The van der Waals surface area contributed by atoms with Crippen LogP contribution < -0.4 is 5.32 Å². The number of benzene rings is 1. The molecule has 4 heteroatoms. The minimum Gasteiger partial charge on any atom is -0.478 e. The quantitative estimate of drug-likeness (QED) is 0.871. The monoisotopic (exact) mass is 293 g/mol. The second-order valence-corrected chi connectivity index (χ2v) is 6.65. The molecule has 4 unspecified atom stereocenters. The Balaban J connectivity index is 1.78. The topological polar surface area (TPSA) is 49.3 Å². The molecule has 20 heavy (non-hydrogen) atoms. The van der Waals surface area contributed by atoms with Crippen molar-refractivity contribution in [2.45, 2.75) is 38.6 Å². The van der Waals surface area contributed by atoms with Crippen LogP contribution >= 0.6 is 11.6 Å². The van der Waals surface area contributed by atoms with E-state index < -0.39 is 5.97 Å². The zero-order valence-corrected chi connectivity index (χ0v) is 12.4. The number of carboxylic acids is 1. The third-order valence-electron chi connectivity index (χ3n) is 5.05. The highest BCUT2D eigenvalue weighted by Crippen LogP contribution is 2.50. The summed E-state index contributed by atoms with van der Waals surface area (Å²) in [4.78, 5) is 11.3. The van der Waals surface area contributed by atoms with Crippen LogP contribution in [0.1, 0.15) is 43.0 Å². The molecule has 0 spiro atoms. The third-order valence-corrected chi connectivity index (χ3v) is 5.36. The molecular weight excluding hydrogens is 274 g/mol. The van der Waals surface area contributed by atoms with Crippen molar-refractivity contribution in [1.82, 2.24) is 0 Å². The second-order valence-electron chi connectivity index (χ2n) is 6.24. The van der Waals surface area contributed by atoms with Gasteiger partial charge in [0.15, 0.2) is 0 Å². The predicted molar refractivity (Wildman–Crippen MR) is 80.4 cm³/mol. The van der Waals surface area contributed by atoms with Crippen molar-refractivity contribution in [1.29, 1.82) is 0 Å². The molecule has 2 bridgehead atoms. The summed E-state index contributed by atoms with van der Waals surface area (Å²) >= 11 is 6.01. The standard InChI is InChI=1S/C16H20ClNO2/c1-9(12-8-10-5-6-11(12)7-10)18-14-4-2-3-13(17)15(14)16(19)20/h2-4,9-12,18H,5-8H2,1H3,(H,19,20). The number of carbonyl (C=O) groups is 1. The van der Waals surface area contributed by atoms with E-state index >= 15 is 0 Å². The number of halogens is 1. The van der Waals surface area contributed by atoms with Gasteiger partial charge in [-0.2, -0.15) is 0 Å². The van der Waals surface area contributed by atoms with Gasteiger partial charge in [-0.05, 0) is 56.1 Å². The molecule has 3 nitrogen and oxygen atoms in total. The Morgan fingerprint density at radius 1 is 1.40 bits per heavy atom. The molecule has 1 aromatic carbocycles. The first kappa shape index (κ1) is 13.7. The molecule has 0 saturated heterocycles. The Kier molecular flexibility index (Phi) is 3.63. The highest BCUT2D eigenvalue weighted by molar-refractivity contribution is 6.34. The lowest BCUT2D eigenvalue weighted by atomic mass is 9.84. The maximum atomic E-state index is 11.3. The molecule has 0 amide bonds. The van der Waals surface area contributed by atoms with Crippen molar-refractivity contribution >= 4 is 23.3 Å². The molecule has 0 aromatic heterocycles. The summed E-state index contributed by atoms with van der Waals surface area (Å²) in [7, 11) is 0. The Bertz CT molecular complexity index is 531. The highest BCUT2D eigenvalue weighted by atomic mass is 35.5. The molecule has 2 fully saturated rings. The number of aromatic carboxylic acids is 1. The largest absolute Gasteiger partial charge is 0.478 e. The first-order valence-electron chi connectivity index (χ1n) is 7.34. The van der Waals surface area contributed by atoms with Crippen molar-refractivity contribution in [3.8, 4) is 0 Å². The van der Waals surface area contributed by atoms with E-state index in [1.807, 2.05) is 0 Å². The van der Waals surface area contributed by atoms with Crippen molar-refractivity contribution in [2.75, 3.05) is 5.32 Å². The number of carboxylic acid groups (broad SMARTS) is 1. The van der Waals surface area contributed by atoms with Gasteiger partial charge in [-0.3, -0.25) is 0 Å². The first-order valence-corrected chi connectivity index (χ1v) is 7.72. The van der Waals surface area contributed by atoms with Gasteiger partial charge in [0.25, 0.3) is 0 Å². The molecule has 3 rings (SSSR count). The Morgan fingerprint density at radius 3 is 2.80 bits per heavy atom. The van der Waals surface area contributed by atoms with Crippen LogP contribution in [0, 0.1) is 17.8 Å². The molecule has 0 radical (unpaired) electrons. The summed E-state index contributed by atoms with van der Waals surface area (Å²) < 4.78 is 0. The van der Waals surface area contributed by atoms with Gasteiger partial charge in [-0.15, -0.1) is 0 Å². The van der Waals surface area contributed by atoms with Crippen LogP contribution in [0.2, 0.25) is 5.02 Å². The first-order chi connectivity index (χ1) is 9.56. The van der Waals surface area contributed by atoms with Crippen LogP contribution in [-0.2, 0) is 0 Å². The van der Waals surface area contributed by atoms with Gasteiger partial charge in [0.05, 0.1) is 10.7 Å². The number of fused-ring (bicyclic) bond motifs is 2. The van der Waals surface area contributed by atoms with Crippen molar-refractivity contribution in [3.63, 3.8) is 0 Å². The number of rotatable bonds is 4. The van der Waals surface area contributed by atoms with Crippen LogP contribution in [-0.4, -0.2) is 17.1 Å². The molecule has 2 aliphatic rings. The lowest BCUT2D eigenvalue weighted by molar-refractivity contribution is 0.0698. The van der Waals surface area contributed by atoms with Crippen molar-refractivity contribution < 1.29 is 9.90 Å². The Labute approximate surface area is 124 Å². The van der Waals surface area contributed by atoms with E-state index in [0.717, 1.165) is 11.8 Å². The number of anilines is 1. The van der Waals surface area contributed by atoms with Crippen molar-refractivity contribution in [2.24, 2.45) is 17.8 Å². The summed E-state index contributed by atoms with van der Waals surface area (Å²) in [5.74, 6) is 1.40. The van der Waals surface area contributed by atoms with Gasteiger partial charge in [0, 0.05) is 6.04 Å². The lowest BCUT2D eigenvalue weighted by Gasteiger charge is -2.29. The average Bonchev–Trinajstić information content (AvgIpc) is 3.00. The second kappa shape index (κ2) is 5.28. The smallest absolute Gasteiger partial charge is 0.339 e. The number of nitrogens with one attached hydrogen (secondary N) is 1.